The largest absolute Gasteiger partial charge is 0.490 e. The molecule has 1 amide bonds. The Labute approximate surface area is 200 Å². The van der Waals surface area contributed by atoms with E-state index in [0.29, 0.717) is 53.7 Å². The lowest BCUT2D eigenvalue weighted by Crippen LogP contribution is -2.30. The summed E-state index contributed by atoms with van der Waals surface area (Å²) in [5.74, 6) is 1.70. The Morgan fingerprint density at radius 1 is 1.03 bits per heavy atom. The highest BCUT2D eigenvalue weighted by Crippen LogP contribution is 2.41. The zero-order chi connectivity index (χ0) is 24.4. The summed E-state index contributed by atoms with van der Waals surface area (Å²) in [4.78, 5) is 28.7. The number of carbonyl (C=O) groups is 1. The minimum Gasteiger partial charge on any atom is -0.490 e. The van der Waals surface area contributed by atoms with Crippen molar-refractivity contribution in [3.8, 4) is 11.5 Å². The van der Waals surface area contributed by atoms with Crippen LogP contribution in [-0.4, -0.2) is 30.6 Å². The van der Waals surface area contributed by atoms with Gasteiger partial charge in [-0.15, -0.1) is 0 Å². The van der Waals surface area contributed by atoms with Crippen LogP contribution in [0.5, 0.6) is 11.5 Å². The molecule has 1 aliphatic heterocycles. The Hall–Kier alpha value is -3.28. The van der Waals surface area contributed by atoms with Crippen LogP contribution in [0.25, 0.3) is 11.0 Å². The third-order valence-electron chi connectivity index (χ3n) is 6.12. The summed E-state index contributed by atoms with van der Waals surface area (Å²) < 4.78 is 17.9. The van der Waals surface area contributed by atoms with Crippen molar-refractivity contribution in [1.29, 1.82) is 0 Å². The first kappa shape index (κ1) is 23.9. The second-order valence-electron chi connectivity index (χ2n) is 9.24. The molecule has 4 rings (SSSR count). The molecule has 0 fully saturated rings. The first-order chi connectivity index (χ1) is 16.3. The van der Waals surface area contributed by atoms with Gasteiger partial charge in [-0.1, -0.05) is 38.5 Å². The van der Waals surface area contributed by atoms with Crippen molar-refractivity contribution in [3.05, 3.63) is 69.1 Å². The van der Waals surface area contributed by atoms with Crippen LogP contribution in [0, 0.1) is 12.8 Å². The van der Waals surface area contributed by atoms with Crippen molar-refractivity contribution in [1.82, 2.24) is 4.90 Å². The van der Waals surface area contributed by atoms with E-state index in [1.807, 2.05) is 51.1 Å². The molecule has 0 bridgehead atoms. The number of hydrogen-bond acceptors (Lipinski definition) is 5. The molecule has 1 atom stereocenters. The van der Waals surface area contributed by atoms with Gasteiger partial charge in [0.2, 0.25) is 5.76 Å². The SMILES string of the molecule is CCCN1C(=O)c2oc3ccc(C)cc3c(=O)c2[C@H]1c1ccc(OCCC(C)C)c(OCC)c1. The lowest BCUT2D eigenvalue weighted by atomic mass is 9.97. The van der Waals surface area contributed by atoms with Crippen LogP contribution < -0.4 is 14.9 Å². The number of benzene rings is 2. The monoisotopic (exact) mass is 463 g/mol. The molecule has 6 heteroatoms. The predicted molar refractivity (Wildman–Crippen MR) is 133 cm³/mol. The average Bonchev–Trinajstić information content (AvgIpc) is 3.07. The number of rotatable bonds is 9. The van der Waals surface area contributed by atoms with Crippen LogP contribution in [0.15, 0.2) is 45.6 Å². The second kappa shape index (κ2) is 9.92. The molecule has 0 radical (unpaired) electrons. The Kier molecular flexibility index (Phi) is 6.96. The van der Waals surface area contributed by atoms with E-state index in [9.17, 15) is 9.59 Å². The molecule has 1 aliphatic rings. The number of amides is 1. The van der Waals surface area contributed by atoms with Gasteiger partial charge in [0.15, 0.2) is 16.9 Å². The summed E-state index contributed by atoms with van der Waals surface area (Å²) >= 11 is 0. The zero-order valence-electron chi connectivity index (χ0n) is 20.6. The van der Waals surface area contributed by atoms with Crippen molar-refractivity contribution >= 4 is 16.9 Å². The first-order valence-electron chi connectivity index (χ1n) is 12.1. The van der Waals surface area contributed by atoms with Crippen LogP contribution in [0.3, 0.4) is 0 Å². The maximum Gasteiger partial charge on any atom is 0.290 e. The summed E-state index contributed by atoms with van der Waals surface area (Å²) in [6, 6.07) is 10.6. The highest BCUT2D eigenvalue weighted by Gasteiger charge is 2.42. The second-order valence-corrected chi connectivity index (χ2v) is 9.24. The van der Waals surface area contributed by atoms with E-state index in [1.165, 1.54) is 0 Å². The molecule has 0 saturated heterocycles. The van der Waals surface area contributed by atoms with E-state index in [0.717, 1.165) is 24.0 Å². The average molecular weight is 464 g/mol. The van der Waals surface area contributed by atoms with E-state index in [-0.39, 0.29) is 17.1 Å². The van der Waals surface area contributed by atoms with Gasteiger partial charge < -0.3 is 18.8 Å². The normalized spacial score (nSPS) is 15.3. The van der Waals surface area contributed by atoms with Crippen molar-refractivity contribution < 1.29 is 18.7 Å². The molecule has 0 N–H and O–H groups in total. The number of aryl methyl sites for hydroxylation is 1. The quantitative estimate of drug-likeness (QED) is 0.396. The lowest BCUT2D eigenvalue weighted by molar-refractivity contribution is 0.0728. The van der Waals surface area contributed by atoms with E-state index >= 15 is 0 Å². The molecule has 2 heterocycles. The fourth-order valence-corrected chi connectivity index (χ4v) is 4.44. The number of hydrogen-bond donors (Lipinski definition) is 0. The van der Waals surface area contributed by atoms with Gasteiger partial charge in [0.25, 0.3) is 5.91 Å². The molecule has 0 aliphatic carbocycles. The van der Waals surface area contributed by atoms with Crippen LogP contribution in [0.4, 0.5) is 0 Å². The number of fused-ring (bicyclic) bond motifs is 2. The minimum absolute atomic E-state index is 0.134. The molecule has 3 aromatic rings. The van der Waals surface area contributed by atoms with E-state index in [1.54, 1.807) is 11.0 Å². The van der Waals surface area contributed by atoms with Gasteiger partial charge in [-0.3, -0.25) is 9.59 Å². The Morgan fingerprint density at radius 2 is 1.82 bits per heavy atom. The van der Waals surface area contributed by atoms with E-state index in [2.05, 4.69) is 13.8 Å². The smallest absolute Gasteiger partial charge is 0.290 e. The molecule has 0 unspecified atom stereocenters. The van der Waals surface area contributed by atoms with Gasteiger partial charge in [0, 0.05) is 6.54 Å². The van der Waals surface area contributed by atoms with Crippen molar-refractivity contribution in [3.63, 3.8) is 0 Å². The van der Waals surface area contributed by atoms with Crippen LogP contribution in [0.2, 0.25) is 0 Å². The molecular formula is C28H33NO5. The lowest BCUT2D eigenvalue weighted by Gasteiger charge is -2.25. The van der Waals surface area contributed by atoms with Gasteiger partial charge in [-0.05, 0) is 62.4 Å². The molecule has 1 aromatic heterocycles. The third kappa shape index (κ3) is 4.41. The molecule has 2 aromatic carbocycles. The van der Waals surface area contributed by atoms with E-state index < -0.39 is 6.04 Å². The Morgan fingerprint density at radius 3 is 2.53 bits per heavy atom. The summed E-state index contributed by atoms with van der Waals surface area (Å²) in [6.07, 6.45) is 1.70. The highest BCUT2D eigenvalue weighted by molar-refractivity contribution is 5.99. The summed E-state index contributed by atoms with van der Waals surface area (Å²) in [5, 5.41) is 0.494. The molecule has 34 heavy (non-hydrogen) atoms. The summed E-state index contributed by atoms with van der Waals surface area (Å²) in [6.45, 7) is 11.8. The van der Waals surface area contributed by atoms with Gasteiger partial charge >= 0.3 is 0 Å². The van der Waals surface area contributed by atoms with Gasteiger partial charge in [-0.2, -0.15) is 0 Å². The maximum absolute atomic E-state index is 13.6. The maximum atomic E-state index is 13.6. The van der Waals surface area contributed by atoms with Gasteiger partial charge in [0.05, 0.1) is 30.2 Å². The van der Waals surface area contributed by atoms with Crippen molar-refractivity contribution in [2.45, 2.75) is 53.5 Å². The van der Waals surface area contributed by atoms with Crippen LogP contribution in [-0.2, 0) is 0 Å². The highest BCUT2D eigenvalue weighted by atomic mass is 16.5. The first-order valence-corrected chi connectivity index (χ1v) is 12.1. The molecule has 6 nitrogen and oxygen atoms in total. The van der Waals surface area contributed by atoms with E-state index in [4.69, 9.17) is 13.9 Å². The molecule has 0 spiro atoms. The molecular weight excluding hydrogens is 430 g/mol. The summed E-state index contributed by atoms with van der Waals surface area (Å²) in [5.41, 5.74) is 2.44. The predicted octanol–water partition coefficient (Wildman–Crippen LogP) is 5.88. The van der Waals surface area contributed by atoms with Crippen LogP contribution in [0.1, 0.15) is 73.8 Å². The number of ether oxygens (including phenoxy) is 2. The van der Waals surface area contributed by atoms with Gasteiger partial charge in [-0.25, -0.2) is 0 Å². The van der Waals surface area contributed by atoms with Crippen molar-refractivity contribution in [2.24, 2.45) is 5.92 Å². The van der Waals surface area contributed by atoms with Crippen LogP contribution >= 0.6 is 0 Å². The third-order valence-corrected chi connectivity index (χ3v) is 6.12. The number of nitrogens with zero attached hydrogens (tertiary/aromatic N) is 1. The molecule has 180 valence electrons. The topological polar surface area (TPSA) is 69.0 Å². The number of carbonyl (C=O) groups excluding carboxylic acids is 1. The van der Waals surface area contributed by atoms with Crippen molar-refractivity contribution in [2.75, 3.05) is 19.8 Å². The fraction of sp³-hybridized carbons (Fsp3) is 0.429. The standard InChI is InChI=1S/C28H33NO5/c1-6-13-29-25(19-9-11-22(23(16-19)32-7-2)33-14-12-17(3)4)24-26(30)20-15-18(5)8-10-21(20)34-27(24)28(29)31/h8-11,15-17,25H,6-7,12-14H2,1-5H3/t25-/m1/s1. The fourth-order valence-electron chi connectivity index (χ4n) is 4.44. The Balaban J connectivity index is 1.83. The Bertz CT molecular complexity index is 1260. The van der Waals surface area contributed by atoms with Gasteiger partial charge in [0.1, 0.15) is 5.58 Å². The summed E-state index contributed by atoms with van der Waals surface area (Å²) in [7, 11) is 0. The zero-order valence-corrected chi connectivity index (χ0v) is 20.6. The molecule has 0 saturated carbocycles. The minimum atomic E-state index is -0.535.